The third-order valence-corrected chi connectivity index (χ3v) is 1.80. The second-order valence-corrected chi connectivity index (χ2v) is 2.60. The number of aromatic hydroxyl groups is 1. The Balaban J connectivity index is 3.11. The van der Waals surface area contributed by atoms with Gasteiger partial charge in [-0.05, 0) is 31.0 Å². The van der Waals surface area contributed by atoms with E-state index in [0.29, 0.717) is 12.2 Å². The lowest BCUT2D eigenvalue weighted by molar-refractivity contribution is -0.120. The molecule has 0 spiro atoms. The predicted molar refractivity (Wildman–Crippen MR) is 44.3 cm³/mol. The molecule has 1 aromatic rings. The lowest BCUT2D eigenvalue weighted by Crippen LogP contribution is -1.90. The van der Waals surface area contributed by atoms with Crippen molar-refractivity contribution < 1.29 is 14.6 Å². The van der Waals surface area contributed by atoms with Crippen LogP contribution in [0.25, 0.3) is 0 Å². The topological polar surface area (TPSA) is 46.5 Å². The van der Waals surface area contributed by atoms with Crippen molar-refractivity contribution in [3.05, 3.63) is 23.3 Å². The van der Waals surface area contributed by atoms with Crippen molar-refractivity contribution in [2.75, 3.05) is 0 Å². The summed E-state index contributed by atoms with van der Waals surface area (Å²) in [7, 11) is 0. The SMILES string of the molecule is Cc1cc(OC=O)cc(O)c1C. The minimum absolute atomic E-state index is 0.145. The van der Waals surface area contributed by atoms with E-state index in [0.717, 1.165) is 11.1 Å². The Morgan fingerprint density at radius 3 is 2.58 bits per heavy atom. The molecule has 0 aliphatic rings. The first kappa shape index (κ1) is 8.59. The average Bonchev–Trinajstić information content (AvgIpc) is 2.01. The highest BCUT2D eigenvalue weighted by Crippen LogP contribution is 2.25. The third-order valence-electron chi connectivity index (χ3n) is 1.80. The Morgan fingerprint density at radius 1 is 1.42 bits per heavy atom. The van der Waals surface area contributed by atoms with Gasteiger partial charge in [-0.3, -0.25) is 4.79 Å². The van der Waals surface area contributed by atoms with Gasteiger partial charge in [-0.15, -0.1) is 0 Å². The van der Waals surface area contributed by atoms with E-state index in [1.165, 1.54) is 6.07 Å². The molecule has 0 bridgehead atoms. The van der Waals surface area contributed by atoms with Gasteiger partial charge in [-0.25, -0.2) is 0 Å². The molecule has 0 unspecified atom stereocenters. The van der Waals surface area contributed by atoms with Gasteiger partial charge in [-0.1, -0.05) is 0 Å². The fourth-order valence-electron chi connectivity index (χ4n) is 0.932. The first-order valence-electron chi connectivity index (χ1n) is 3.55. The molecule has 0 fully saturated rings. The first-order valence-corrected chi connectivity index (χ1v) is 3.55. The number of carbonyl (C=O) groups is 1. The molecule has 3 nitrogen and oxygen atoms in total. The maximum absolute atomic E-state index is 9.98. The van der Waals surface area contributed by atoms with Crippen LogP contribution in [-0.2, 0) is 4.79 Å². The molecule has 1 aromatic carbocycles. The van der Waals surface area contributed by atoms with Crippen molar-refractivity contribution in [1.29, 1.82) is 0 Å². The molecule has 0 aliphatic heterocycles. The number of ether oxygens (including phenoxy) is 1. The van der Waals surface area contributed by atoms with Gasteiger partial charge < -0.3 is 9.84 Å². The highest BCUT2D eigenvalue weighted by atomic mass is 16.5. The summed E-state index contributed by atoms with van der Waals surface area (Å²) < 4.78 is 4.58. The normalized spacial score (nSPS) is 9.50. The van der Waals surface area contributed by atoms with E-state index in [1.54, 1.807) is 13.0 Å². The van der Waals surface area contributed by atoms with Crippen molar-refractivity contribution in [2.45, 2.75) is 13.8 Å². The van der Waals surface area contributed by atoms with Crippen LogP contribution < -0.4 is 4.74 Å². The Morgan fingerprint density at radius 2 is 2.08 bits per heavy atom. The molecule has 0 heterocycles. The maximum Gasteiger partial charge on any atom is 0.298 e. The van der Waals surface area contributed by atoms with Gasteiger partial charge in [0.15, 0.2) is 0 Å². The van der Waals surface area contributed by atoms with Gasteiger partial charge in [0.25, 0.3) is 6.47 Å². The maximum atomic E-state index is 9.98. The van der Waals surface area contributed by atoms with Crippen LogP contribution in [0, 0.1) is 13.8 Å². The Labute approximate surface area is 70.6 Å². The number of hydrogen-bond acceptors (Lipinski definition) is 3. The second kappa shape index (κ2) is 3.26. The van der Waals surface area contributed by atoms with Crippen LogP contribution in [-0.4, -0.2) is 11.6 Å². The lowest BCUT2D eigenvalue weighted by atomic mass is 10.1. The molecule has 0 radical (unpaired) electrons. The molecule has 12 heavy (non-hydrogen) atoms. The lowest BCUT2D eigenvalue weighted by Gasteiger charge is -2.05. The Hall–Kier alpha value is -1.51. The molecule has 0 amide bonds. The minimum Gasteiger partial charge on any atom is -0.508 e. The van der Waals surface area contributed by atoms with E-state index >= 15 is 0 Å². The number of phenolic OH excluding ortho intramolecular Hbond substituents is 1. The summed E-state index contributed by atoms with van der Waals surface area (Å²) in [5.74, 6) is 0.512. The molecule has 64 valence electrons. The number of carbonyl (C=O) groups excluding carboxylic acids is 1. The van der Waals surface area contributed by atoms with Gasteiger partial charge >= 0.3 is 0 Å². The molecule has 0 aliphatic carbocycles. The van der Waals surface area contributed by atoms with Crippen molar-refractivity contribution in [3.8, 4) is 11.5 Å². The highest BCUT2D eigenvalue weighted by Gasteiger charge is 2.02. The van der Waals surface area contributed by atoms with Gasteiger partial charge in [-0.2, -0.15) is 0 Å². The van der Waals surface area contributed by atoms with Gasteiger partial charge in [0.05, 0.1) is 0 Å². The summed E-state index contributed by atoms with van der Waals surface area (Å²) >= 11 is 0. The van der Waals surface area contributed by atoms with Crippen LogP contribution in [0.1, 0.15) is 11.1 Å². The van der Waals surface area contributed by atoms with Crippen LogP contribution in [0.5, 0.6) is 11.5 Å². The first-order chi connectivity index (χ1) is 5.65. The number of hydrogen-bond donors (Lipinski definition) is 1. The fraction of sp³-hybridized carbons (Fsp3) is 0.222. The molecule has 1 rings (SSSR count). The Bertz CT molecular complexity index is 282. The van der Waals surface area contributed by atoms with E-state index < -0.39 is 0 Å². The van der Waals surface area contributed by atoms with Crippen molar-refractivity contribution >= 4 is 6.47 Å². The van der Waals surface area contributed by atoms with Crippen LogP contribution in [0.3, 0.4) is 0 Å². The summed E-state index contributed by atoms with van der Waals surface area (Å²) in [6.45, 7) is 3.98. The van der Waals surface area contributed by atoms with Crippen LogP contribution in [0.2, 0.25) is 0 Å². The number of rotatable bonds is 2. The van der Waals surface area contributed by atoms with E-state index in [2.05, 4.69) is 4.74 Å². The monoisotopic (exact) mass is 166 g/mol. The third kappa shape index (κ3) is 1.56. The predicted octanol–water partition coefficient (Wildman–Crippen LogP) is 1.54. The molecular formula is C9H10O3. The van der Waals surface area contributed by atoms with E-state index in [4.69, 9.17) is 0 Å². The highest BCUT2D eigenvalue weighted by molar-refractivity contribution is 5.50. The minimum atomic E-state index is 0.145. The molecule has 0 atom stereocenters. The van der Waals surface area contributed by atoms with Crippen LogP contribution >= 0.6 is 0 Å². The standard InChI is InChI=1S/C9H10O3/c1-6-3-8(12-5-10)4-9(11)7(6)2/h3-5,11H,1-2H3. The quantitative estimate of drug-likeness (QED) is 0.678. The second-order valence-electron chi connectivity index (χ2n) is 2.60. The van der Waals surface area contributed by atoms with Gasteiger partial charge in [0.1, 0.15) is 11.5 Å². The number of aryl methyl sites for hydroxylation is 1. The van der Waals surface area contributed by atoms with Crippen molar-refractivity contribution in [3.63, 3.8) is 0 Å². The zero-order valence-electron chi connectivity index (χ0n) is 7.00. The van der Waals surface area contributed by atoms with Gasteiger partial charge in [0.2, 0.25) is 0 Å². The average molecular weight is 166 g/mol. The zero-order valence-corrected chi connectivity index (χ0v) is 7.00. The van der Waals surface area contributed by atoms with Crippen LogP contribution in [0.4, 0.5) is 0 Å². The molecule has 0 saturated heterocycles. The molecule has 0 saturated carbocycles. The van der Waals surface area contributed by atoms with Gasteiger partial charge in [0, 0.05) is 6.07 Å². The number of benzene rings is 1. The zero-order chi connectivity index (χ0) is 9.14. The summed E-state index contributed by atoms with van der Waals surface area (Å²) in [6, 6.07) is 3.11. The number of phenols is 1. The largest absolute Gasteiger partial charge is 0.508 e. The Kier molecular flexibility index (Phi) is 2.33. The molecular weight excluding hydrogens is 156 g/mol. The summed E-state index contributed by atoms with van der Waals surface area (Å²) in [5, 5.41) is 9.31. The van der Waals surface area contributed by atoms with E-state index in [1.807, 2.05) is 6.92 Å². The fourth-order valence-corrected chi connectivity index (χ4v) is 0.932. The smallest absolute Gasteiger partial charge is 0.298 e. The van der Waals surface area contributed by atoms with Crippen molar-refractivity contribution in [2.24, 2.45) is 0 Å². The summed E-state index contributed by atoms with van der Waals surface area (Å²) in [4.78, 5) is 9.98. The molecule has 1 N–H and O–H groups in total. The van der Waals surface area contributed by atoms with Crippen molar-refractivity contribution in [1.82, 2.24) is 0 Å². The van der Waals surface area contributed by atoms with E-state index in [-0.39, 0.29) is 5.75 Å². The summed E-state index contributed by atoms with van der Waals surface area (Å²) in [6.07, 6.45) is 0. The molecule has 3 heteroatoms. The van der Waals surface area contributed by atoms with Crippen LogP contribution in [0.15, 0.2) is 12.1 Å². The summed E-state index contributed by atoms with van der Waals surface area (Å²) in [5.41, 5.74) is 1.69. The van der Waals surface area contributed by atoms with E-state index in [9.17, 15) is 9.90 Å². The molecule has 0 aromatic heterocycles.